The zero-order valence-corrected chi connectivity index (χ0v) is 26.6. The van der Waals surface area contributed by atoms with E-state index in [2.05, 4.69) is 10.6 Å². The molecule has 0 saturated heterocycles. The number of anilines is 1. The summed E-state index contributed by atoms with van der Waals surface area (Å²) in [5.74, 6) is -0.426. The Morgan fingerprint density at radius 3 is 2.24 bits per heavy atom. The van der Waals surface area contributed by atoms with Gasteiger partial charge < -0.3 is 25.4 Å². The van der Waals surface area contributed by atoms with Crippen LogP contribution in [0.5, 0.6) is 5.75 Å². The minimum absolute atomic E-state index is 0.0704. The highest BCUT2D eigenvalue weighted by Crippen LogP contribution is 2.37. The quantitative estimate of drug-likeness (QED) is 0.252. The zero-order valence-electron chi connectivity index (χ0n) is 25.8. The Morgan fingerprint density at radius 2 is 1.62 bits per heavy atom. The number of phenols is 1. The molecule has 2 unspecified atom stereocenters. The topological polar surface area (TPSA) is 108 Å². The van der Waals surface area contributed by atoms with Crippen LogP contribution in [0.1, 0.15) is 65.1 Å². The summed E-state index contributed by atoms with van der Waals surface area (Å²) in [6.45, 7) is 12.5. The van der Waals surface area contributed by atoms with E-state index in [-0.39, 0.29) is 11.3 Å². The highest BCUT2D eigenvalue weighted by atomic mass is 32.2. The van der Waals surface area contributed by atoms with Crippen LogP contribution in [0.4, 0.5) is 10.5 Å². The molecule has 0 heterocycles. The zero-order chi connectivity index (χ0) is 31.2. The number of hydrogen-bond donors (Lipinski definition) is 3. The molecule has 3 aromatic carbocycles. The van der Waals surface area contributed by atoms with Gasteiger partial charge in [-0.1, -0.05) is 48.5 Å². The van der Waals surface area contributed by atoms with Crippen molar-refractivity contribution in [3.05, 3.63) is 71.8 Å². The predicted octanol–water partition coefficient (Wildman–Crippen LogP) is 6.81. The fraction of sp³-hybridized carbons (Fsp3) is 0.424. The minimum Gasteiger partial charge on any atom is -0.507 e. The molecule has 9 heteroatoms. The van der Waals surface area contributed by atoms with E-state index in [0.717, 1.165) is 10.8 Å². The Hall–Kier alpha value is -3.72. The molecule has 0 aliphatic rings. The van der Waals surface area contributed by atoms with Crippen LogP contribution in [0, 0.1) is 6.92 Å². The molecule has 3 N–H and O–H groups in total. The molecule has 0 radical (unpaired) electrons. The lowest BCUT2D eigenvalue weighted by atomic mass is 9.93. The normalized spacial score (nSPS) is 13.2. The van der Waals surface area contributed by atoms with Crippen molar-refractivity contribution in [3.8, 4) is 5.75 Å². The maximum Gasteiger partial charge on any atom is 0.408 e. The van der Waals surface area contributed by atoms with Gasteiger partial charge in [0.25, 0.3) is 5.91 Å². The second-order valence-electron chi connectivity index (χ2n) is 12.3. The van der Waals surface area contributed by atoms with Gasteiger partial charge in [-0.05, 0) is 95.4 Å². The molecule has 226 valence electrons. The first-order valence-corrected chi connectivity index (χ1v) is 15.4. The molecule has 2 atom stereocenters. The highest BCUT2D eigenvalue weighted by molar-refractivity contribution is 7.98. The summed E-state index contributed by atoms with van der Waals surface area (Å²) in [4.78, 5) is 42.9. The molecule has 0 saturated carbocycles. The van der Waals surface area contributed by atoms with E-state index in [1.165, 1.54) is 4.90 Å². The average molecular weight is 594 g/mol. The number of alkyl carbamates (subject to hydrolysis) is 1. The summed E-state index contributed by atoms with van der Waals surface area (Å²) in [6, 6.07) is 16.4. The van der Waals surface area contributed by atoms with E-state index >= 15 is 0 Å². The first kappa shape index (κ1) is 32.8. The van der Waals surface area contributed by atoms with Crippen LogP contribution >= 0.6 is 11.8 Å². The second-order valence-corrected chi connectivity index (χ2v) is 13.3. The fourth-order valence-electron chi connectivity index (χ4n) is 4.73. The van der Waals surface area contributed by atoms with Crippen LogP contribution in [0.3, 0.4) is 0 Å². The van der Waals surface area contributed by atoms with Gasteiger partial charge in [0.2, 0.25) is 5.91 Å². The van der Waals surface area contributed by atoms with Gasteiger partial charge in [-0.3, -0.25) is 9.59 Å². The second kappa shape index (κ2) is 13.5. The monoisotopic (exact) mass is 593 g/mol. The lowest BCUT2D eigenvalue weighted by Crippen LogP contribution is -2.58. The average Bonchev–Trinajstić information content (AvgIpc) is 2.89. The summed E-state index contributed by atoms with van der Waals surface area (Å²) in [5, 5.41) is 18.9. The molecular formula is C33H43N3O5S. The number of fused-ring (bicyclic) bond motifs is 1. The molecule has 42 heavy (non-hydrogen) atoms. The number of thioether (sulfide) groups is 1. The van der Waals surface area contributed by atoms with Crippen LogP contribution in [0.25, 0.3) is 10.8 Å². The summed E-state index contributed by atoms with van der Waals surface area (Å²) in [7, 11) is 0. The Bertz CT molecular complexity index is 1430. The number of benzene rings is 3. The molecule has 3 aromatic rings. The first-order chi connectivity index (χ1) is 19.6. The Morgan fingerprint density at radius 1 is 0.952 bits per heavy atom. The van der Waals surface area contributed by atoms with Gasteiger partial charge in [0, 0.05) is 16.8 Å². The third-order valence-corrected chi connectivity index (χ3v) is 7.29. The smallest absolute Gasteiger partial charge is 0.408 e. The Balaban J connectivity index is 2.10. The molecule has 0 aliphatic heterocycles. The number of nitrogens with one attached hydrogen (secondary N) is 2. The van der Waals surface area contributed by atoms with E-state index in [9.17, 15) is 19.5 Å². The number of aromatic hydroxyl groups is 1. The van der Waals surface area contributed by atoms with Crippen molar-refractivity contribution < 1.29 is 24.2 Å². The number of carbonyl (C=O) groups excluding carboxylic acids is 3. The molecule has 0 aliphatic carbocycles. The number of rotatable bonds is 9. The van der Waals surface area contributed by atoms with Gasteiger partial charge >= 0.3 is 6.09 Å². The SMILES string of the molecule is CSCCC(NC(=O)OC(C)(C)C)C(=O)N(C(C(=O)Nc1ccc2ccccc2c1)c1cccc(C)c1O)C(C)(C)C. The number of ether oxygens (including phenoxy) is 1. The van der Waals surface area contributed by atoms with Gasteiger partial charge in [0.1, 0.15) is 23.4 Å². The molecule has 0 fully saturated rings. The van der Waals surface area contributed by atoms with Crippen molar-refractivity contribution in [2.45, 2.75) is 78.1 Å². The van der Waals surface area contributed by atoms with Crippen molar-refractivity contribution in [1.82, 2.24) is 10.2 Å². The molecule has 0 bridgehead atoms. The number of aryl methyl sites for hydroxylation is 1. The molecule has 0 spiro atoms. The van der Waals surface area contributed by atoms with E-state index in [4.69, 9.17) is 4.74 Å². The first-order valence-electron chi connectivity index (χ1n) is 14.0. The molecule has 0 aromatic heterocycles. The molecular weight excluding hydrogens is 550 g/mol. The number of nitrogens with zero attached hydrogens (tertiary/aromatic N) is 1. The van der Waals surface area contributed by atoms with E-state index in [0.29, 0.717) is 23.4 Å². The minimum atomic E-state index is -1.21. The van der Waals surface area contributed by atoms with E-state index in [1.807, 2.05) is 69.5 Å². The highest BCUT2D eigenvalue weighted by Gasteiger charge is 2.43. The lowest BCUT2D eigenvalue weighted by molar-refractivity contribution is -0.146. The summed E-state index contributed by atoms with van der Waals surface area (Å²) in [5.41, 5.74) is -0.217. The largest absolute Gasteiger partial charge is 0.507 e. The van der Waals surface area contributed by atoms with Crippen molar-refractivity contribution in [2.24, 2.45) is 0 Å². The van der Waals surface area contributed by atoms with Gasteiger partial charge in [-0.15, -0.1) is 0 Å². The number of phenolic OH excluding ortho intramolecular Hbond substituents is 1. The van der Waals surface area contributed by atoms with Gasteiger partial charge in [0.15, 0.2) is 0 Å². The van der Waals surface area contributed by atoms with Gasteiger partial charge in [0.05, 0.1) is 0 Å². The lowest BCUT2D eigenvalue weighted by Gasteiger charge is -2.43. The van der Waals surface area contributed by atoms with Crippen molar-refractivity contribution >= 4 is 46.1 Å². The number of para-hydroxylation sites is 1. The molecule has 3 amide bonds. The van der Waals surface area contributed by atoms with Crippen molar-refractivity contribution in [3.63, 3.8) is 0 Å². The van der Waals surface area contributed by atoms with E-state index < -0.39 is 41.1 Å². The van der Waals surface area contributed by atoms with E-state index in [1.54, 1.807) is 57.7 Å². The summed E-state index contributed by atoms with van der Waals surface area (Å²) in [6.07, 6.45) is 1.53. The van der Waals surface area contributed by atoms with Crippen molar-refractivity contribution in [1.29, 1.82) is 0 Å². The van der Waals surface area contributed by atoms with Crippen LogP contribution in [0.2, 0.25) is 0 Å². The third-order valence-electron chi connectivity index (χ3n) is 6.65. The third kappa shape index (κ3) is 8.41. The van der Waals surface area contributed by atoms with Crippen LogP contribution in [-0.2, 0) is 14.3 Å². The standard InChI is InChI=1S/C33H43N3O5S/c1-21-12-11-15-25(28(21)37)27(29(38)34-24-17-16-22-13-9-10-14-23(22)20-24)36(32(2,3)4)30(39)26(18-19-42-8)35-31(40)41-33(5,6)7/h9-17,20,26-27,37H,18-19H2,1-8H3,(H,34,38)(H,35,40). The number of amides is 3. The van der Waals surface area contributed by atoms with Crippen LogP contribution in [-0.4, -0.2) is 57.1 Å². The van der Waals surface area contributed by atoms with Crippen molar-refractivity contribution in [2.75, 3.05) is 17.3 Å². The van der Waals surface area contributed by atoms with Gasteiger partial charge in [-0.25, -0.2) is 4.79 Å². The van der Waals surface area contributed by atoms with Crippen LogP contribution in [0.15, 0.2) is 60.7 Å². The van der Waals surface area contributed by atoms with Crippen LogP contribution < -0.4 is 10.6 Å². The molecule has 8 nitrogen and oxygen atoms in total. The predicted molar refractivity (Wildman–Crippen MR) is 171 cm³/mol. The maximum atomic E-state index is 14.4. The summed E-state index contributed by atoms with van der Waals surface area (Å²) < 4.78 is 5.46. The summed E-state index contributed by atoms with van der Waals surface area (Å²) >= 11 is 1.54. The molecule has 3 rings (SSSR count). The Kier molecular flexibility index (Phi) is 10.5. The van der Waals surface area contributed by atoms with Gasteiger partial charge in [-0.2, -0.15) is 11.8 Å². The Labute approximate surface area is 253 Å². The number of hydrogen-bond acceptors (Lipinski definition) is 6. The number of carbonyl (C=O) groups is 3. The maximum absolute atomic E-state index is 14.4. The fourth-order valence-corrected chi connectivity index (χ4v) is 5.20.